The van der Waals surface area contributed by atoms with Gasteiger partial charge in [0, 0.05) is 5.56 Å². The minimum absolute atomic E-state index is 0.104. The van der Waals surface area contributed by atoms with Crippen LogP contribution in [0.25, 0.3) is 0 Å². The lowest BCUT2D eigenvalue weighted by Crippen LogP contribution is -2.21. The van der Waals surface area contributed by atoms with E-state index in [1.54, 1.807) is 24.3 Å². The fourth-order valence-corrected chi connectivity index (χ4v) is 2.94. The summed E-state index contributed by atoms with van der Waals surface area (Å²) < 4.78 is 0. The Labute approximate surface area is 131 Å². The maximum Gasteiger partial charge on any atom is 0.244 e. The van der Waals surface area contributed by atoms with Gasteiger partial charge in [0.15, 0.2) is 5.17 Å². The van der Waals surface area contributed by atoms with Crippen LogP contribution in [-0.4, -0.2) is 22.4 Å². The van der Waals surface area contributed by atoms with Crippen molar-refractivity contribution in [3.63, 3.8) is 0 Å². The largest absolute Gasteiger partial charge is 0.507 e. The van der Waals surface area contributed by atoms with Gasteiger partial charge in [-0.2, -0.15) is 5.10 Å². The predicted molar refractivity (Wildman–Crippen MR) is 88.1 cm³/mol. The number of para-hydroxylation sites is 1. The molecule has 2 aromatic carbocycles. The minimum atomic E-state index is -0.305. The van der Waals surface area contributed by atoms with Crippen molar-refractivity contribution in [2.75, 3.05) is 0 Å². The lowest BCUT2D eigenvalue weighted by atomic mass is 10.1. The molecule has 3 rings (SSSR count). The van der Waals surface area contributed by atoms with Crippen molar-refractivity contribution in [1.82, 2.24) is 5.32 Å². The maximum atomic E-state index is 12.0. The van der Waals surface area contributed by atoms with E-state index in [2.05, 4.69) is 15.5 Å². The van der Waals surface area contributed by atoms with E-state index in [-0.39, 0.29) is 16.9 Å². The van der Waals surface area contributed by atoms with Crippen molar-refractivity contribution in [2.24, 2.45) is 10.2 Å². The van der Waals surface area contributed by atoms with Gasteiger partial charge in [-0.25, -0.2) is 0 Å². The van der Waals surface area contributed by atoms with Crippen molar-refractivity contribution in [3.05, 3.63) is 65.7 Å². The van der Waals surface area contributed by atoms with Gasteiger partial charge < -0.3 is 10.4 Å². The first kappa shape index (κ1) is 14.3. The van der Waals surface area contributed by atoms with Gasteiger partial charge in [0.05, 0.1) is 6.21 Å². The van der Waals surface area contributed by atoms with Crippen molar-refractivity contribution in [3.8, 4) is 5.75 Å². The lowest BCUT2D eigenvalue weighted by Gasteiger charge is -2.03. The molecule has 1 unspecified atom stereocenters. The molecule has 1 fully saturated rings. The molecule has 0 aromatic heterocycles. The number of phenols is 1. The summed E-state index contributed by atoms with van der Waals surface area (Å²) in [6, 6.07) is 16.4. The molecular formula is C16H13N3O2S. The van der Waals surface area contributed by atoms with Crippen LogP contribution in [0.5, 0.6) is 5.75 Å². The van der Waals surface area contributed by atoms with Crippen molar-refractivity contribution < 1.29 is 9.90 Å². The van der Waals surface area contributed by atoms with E-state index in [1.807, 2.05) is 30.3 Å². The second-order valence-electron chi connectivity index (χ2n) is 4.61. The molecule has 110 valence electrons. The first-order valence-corrected chi connectivity index (χ1v) is 7.53. The Kier molecular flexibility index (Phi) is 4.20. The molecule has 1 amide bonds. The van der Waals surface area contributed by atoms with Gasteiger partial charge in [-0.3, -0.25) is 4.79 Å². The number of hydrogen-bond acceptors (Lipinski definition) is 5. The van der Waals surface area contributed by atoms with E-state index in [9.17, 15) is 9.90 Å². The molecule has 2 aromatic rings. The molecule has 22 heavy (non-hydrogen) atoms. The van der Waals surface area contributed by atoms with E-state index in [4.69, 9.17) is 0 Å². The molecule has 2 N–H and O–H groups in total. The van der Waals surface area contributed by atoms with Crippen LogP contribution in [-0.2, 0) is 4.79 Å². The topological polar surface area (TPSA) is 74.0 Å². The average Bonchev–Trinajstić information content (AvgIpc) is 2.91. The summed E-state index contributed by atoms with van der Waals surface area (Å²) in [5.41, 5.74) is 1.50. The number of phenolic OH excluding ortho intramolecular Hbond substituents is 1. The SMILES string of the molecule is O=C1NC(=NN=Cc2ccccc2O)SC1c1ccccc1. The Morgan fingerprint density at radius 3 is 2.59 bits per heavy atom. The van der Waals surface area contributed by atoms with Gasteiger partial charge in [0.2, 0.25) is 5.91 Å². The summed E-state index contributed by atoms with van der Waals surface area (Å²) in [6.45, 7) is 0. The van der Waals surface area contributed by atoms with Gasteiger partial charge in [-0.15, -0.1) is 5.10 Å². The van der Waals surface area contributed by atoms with Crippen LogP contribution in [0.2, 0.25) is 0 Å². The van der Waals surface area contributed by atoms with E-state index in [0.717, 1.165) is 5.56 Å². The van der Waals surface area contributed by atoms with E-state index in [1.165, 1.54) is 18.0 Å². The van der Waals surface area contributed by atoms with Crippen LogP contribution in [0.1, 0.15) is 16.4 Å². The Morgan fingerprint density at radius 1 is 1.09 bits per heavy atom. The zero-order valence-corrected chi connectivity index (χ0v) is 12.3. The van der Waals surface area contributed by atoms with Crippen LogP contribution < -0.4 is 5.32 Å². The number of amides is 1. The van der Waals surface area contributed by atoms with E-state index >= 15 is 0 Å². The smallest absolute Gasteiger partial charge is 0.244 e. The third kappa shape index (κ3) is 3.17. The highest BCUT2D eigenvalue weighted by molar-refractivity contribution is 8.15. The molecule has 1 saturated heterocycles. The molecule has 1 atom stereocenters. The third-order valence-electron chi connectivity index (χ3n) is 3.08. The Balaban J connectivity index is 1.72. The predicted octanol–water partition coefficient (Wildman–Crippen LogP) is 2.69. The molecule has 0 bridgehead atoms. The molecule has 1 aliphatic rings. The fourth-order valence-electron chi connectivity index (χ4n) is 2.00. The number of aromatic hydroxyl groups is 1. The molecule has 1 heterocycles. The number of benzene rings is 2. The average molecular weight is 311 g/mol. The highest BCUT2D eigenvalue weighted by atomic mass is 32.2. The van der Waals surface area contributed by atoms with Crippen molar-refractivity contribution >= 4 is 29.1 Å². The molecule has 0 spiro atoms. The second kappa shape index (κ2) is 6.44. The maximum absolute atomic E-state index is 12.0. The van der Waals surface area contributed by atoms with Crippen LogP contribution >= 0.6 is 11.8 Å². The monoisotopic (exact) mass is 311 g/mol. The summed E-state index contributed by atoms with van der Waals surface area (Å²) in [5.74, 6) is 0.0319. The number of rotatable bonds is 3. The molecule has 6 heteroatoms. The Morgan fingerprint density at radius 2 is 1.82 bits per heavy atom. The van der Waals surface area contributed by atoms with Gasteiger partial charge in [0.25, 0.3) is 0 Å². The number of thioether (sulfide) groups is 1. The van der Waals surface area contributed by atoms with Crippen LogP contribution in [0.3, 0.4) is 0 Å². The highest BCUT2D eigenvalue weighted by Crippen LogP contribution is 2.34. The van der Waals surface area contributed by atoms with Crippen LogP contribution in [0, 0.1) is 0 Å². The number of nitrogens with one attached hydrogen (secondary N) is 1. The first-order chi connectivity index (χ1) is 10.7. The van der Waals surface area contributed by atoms with Crippen molar-refractivity contribution in [2.45, 2.75) is 5.25 Å². The molecule has 0 saturated carbocycles. The Bertz CT molecular complexity index is 744. The number of carbonyl (C=O) groups is 1. The number of amidine groups is 1. The number of hydrogen-bond donors (Lipinski definition) is 2. The third-order valence-corrected chi connectivity index (χ3v) is 4.21. The van der Waals surface area contributed by atoms with Crippen LogP contribution in [0.15, 0.2) is 64.8 Å². The van der Waals surface area contributed by atoms with Gasteiger partial charge >= 0.3 is 0 Å². The summed E-state index contributed by atoms with van der Waals surface area (Å²) in [5, 5.41) is 20.4. The summed E-state index contributed by atoms with van der Waals surface area (Å²) in [7, 11) is 0. The summed E-state index contributed by atoms with van der Waals surface area (Å²) in [4.78, 5) is 12.0. The standard InChI is InChI=1S/C16H13N3O2S/c20-13-9-5-4-8-12(13)10-17-19-16-18-15(21)14(22-16)11-6-2-1-3-7-11/h1-10,14,20H,(H,18,19,21). The van der Waals surface area contributed by atoms with Crippen molar-refractivity contribution in [1.29, 1.82) is 0 Å². The number of carbonyl (C=O) groups excluding carboxylic acids is 1. The highest BCUT2D eigenvalue weighted by Gasteiger charge is 2.31. The van der Waals surface area contributed by atoms with Gasteiger partial charge in [-0.05, 0) is 17.7 Å². The minimum Gasteiger partial charge on any atom is -0.507 e. The second-order valence-corrected chi connectivity index (χ2v) is 5.70. The lowest BCUT2D eigenvalue weighted by molar-refractivity contribution is -0.118. The molecule has 1 aliphatic heterocycles. The molecule has 0 aliphatic carbocycles. The summed E-state index contributed by atoms with van der Waals surface area (Å²) >= 11 is 1.32. The Hall–Kier alpha value is -2.60. The molecular weight excluding hydrogens is 298 g/mol. The fraction of sp³-hybridized carbons (Fsp3) is 0.0625. The zero-order chi connectivity index (χ0) is 15.4. The normalized spacial score (nSPS) is 19.7. The molecule has 0 radical (unpaired) electrons. The summed E-state index contributed by atoms with van der Waals surface area (Å²) in [6.07, 6.45) is 1.45. The first-order valence-electron chi connectivity index (χ1n) is 6.65. The van der Waals surface area contributed by atoms with E-state index < -0.39 is 0 Å². The van der Waals surface area contributed by atoms with Gasteiger partial charge in [-0.1, -0.05) is 54.2 Å². The number of nitrogens with zero attached hydrogens (tertiary/aromatic N) is 2. The quantitative estimate of drug-likeness (QED) is 0.676. The van der Waals surface area contributed by atoms with Crippen LogP contribution in [0.4, 0.5) is 0 Å². The zero-order valence-electron chi connectivity index (χ0n) is 11.5. The van der Waals surface area contributed by atoms with E-state index in [0.29, 0.717) is 10.7 Å². The molecule has 5 nitrogen and oxygen atoms in total. The van der Waals surface area contributed by atoms with Gasteiger partial charge in [0.1, 0.15) is 11.0 Å².